The second-order valence-electron chi connectivity index (χ2n) is 5.45. The van der Waals surface area contributed by atoms with E-state index in [4.69, 9.17) is 4.74 Å². The van der Waals surface area contributed by atoms with E-state index >= 15 is 0 Å². The molecule has 0 saturated heterocycles. The molecule has 0 atom stereocenters. The number of carbonyl (C=O) groups excluding carboxylic acids is 1. The summed E-state index contributed by atoms with van der Waals surface area (Å²) in [5.74, 6) is 0.637. The van der Waals surface area contributed by atoms with Crippen LogP contribution in [-0.4, -0.2) is 17.3 Å². The first-order chi connectivity index (χ1) is 8.28. The summed E-state index contributed by atoms with van der Waals surface area (Å²) >= 11 is 1.71. The molecular formula is C15H22O2S. The topological polar surface area (TPSA) is 26.3 Å². The summed E-state index contributed by atoms with van der Waals surface area (Å²) in [5, 5.41) is 0. The predicted octanol–water partition coefficient (Wildman–Crippen LogP) is 4.13. The molecule has 0 heterocycles. The third-order valence-electron chi connectivity index (χ3n) is 2.31. The molecule has 0 aliphatic heterocycles. The van der Waals surface area contributed by atoms with Gasteiger partial charge in [0.1, 0.15) is 5.60 Å². The molecule has 0 spiro atoms. The fourth-order valence-electron chi connectivity index (χ4n) is 1.60. The van der Waals surface area contributed by atoms with E-state index in [0.717, 1.165) is 5.75 Å². The maximum atomic E-state index is 11.6. The number of carbonyl (C=O) groups is 1. The molecule has 0 N–H and O–H groups in total. The maximum absolute atomic E-state index is 11.6. The highest BCUT2D eigenvalue weighted by atomic mass is 32.2. The lowest BCUT2D eigenvalue weighted by Gasteiger charge is -2.19. The quantitative estimate of drug-likeness (QED) is 0.605. The number of aryl methyl sites for hydroxylation is 2. The zero-order valence-electron chi connectivity index (χ0n) is 11.9. The Morgan fingerprint density at radius 3 is 2.50 bits per heavy atom. The monoisotopic (exact) mass is 266 g/mol. The number of rotatable bonds is 4. The van der Waals surface area contributed by atoms with Gasteiger partial charge in [0.15, 0.2) is 0 Å². The SMILES string of the molecule is Cc1ccc(SCCC(=O)OC(C)(C)C)c(C)c1. The third kappa shape index (κ3) is 5.58. The highest BCUT2D eigenvalue weighted by Gasteiger charge is 2.15. The lowest BCUT2D eigenvalue weighted by atomic mass is 10.2. The van der Waals surface area contributed by atoms with Crippen LogP contribution >= 0.6 is 11.8 Å². The van der Waals surface area contributed by atoms with Gasteiger partial charge in [-0.15, -0.1) is 11.8 Å². The molecular weight excluding hydrogens is 244 g/mol. The van der Waals surface area contributed by atoms with Crippen LogP contribution in [0.1, 0.15) is 38.3 Å². The molecule has 0 fully saturated rings. The minimum Gasteiger partial charge on any atom is -0.460 e. The molecule has 0 aliphatic rings. The molecule has 0 aliphatic carbocycles. The van der Waals surface area contributed by atoms with Crippen LogP contribution < -0.4 is 0 Å². The lowest BCUT2D eigenvalue weighted by molar-refractivity contribution is -0.154. The van der Waals surface area contributed by atoms with Crippen LogP contribution in [0.25, 0.3) is 0 Å². The average Bonchev–Trinajstić information content (AvgIpc) is 2.18. The zero-order chi connectivity index (χ0) is 13.8. The standard InChI is InChI=1S/C15H22O2S/c1-11-6-7-13(12(2)10-11)18-9-8-14(16)17-15(3,4)5/h6-7,10H,8-9H2,1-5H3. The van der Waals surface area contributed by atoms with Gasteiger partial charge in [-0.05, 0) is 46.2 Å². The molecule has 3 heteroatoms. The van der Waals surface area contributed by atoms with Crippen molar-refractivity contribution < 1.29 is 9.53 Å². The smallest absolute Gasteiger partial charge is 0.307 e. The van der Waals surface area contributed by atoms with Crippen molar-refractivity contribution in [1.82, 2.24) is 0 Å². The van der Waals surface area contributed by atoms with E-state index in [1.807, 2.05) is 20.8 Å². The van der Waals surface area contributed by atoms with Crippen LogP contribution in [0.4, 0.5) is 0 Å². The molecule has 0 saturated carbocycles. The van der Waals surface area contributed by atoms with E-state index in [9.17, 15) is 4.79 Å². The molecule has 0 aromatic heterocycles. The van der Waals surface area contributed by atoms with Crippen molar-refractivity contribution in [3.8, 4) is 0 Å². The molecule has 0 bridgehead atoms. The summed E-state index contributed by atoms with van der Waals surface area (Å²) in [7, 11) is 0. The fraction of sp³-hybridized carbons (Fsp3) is 0.533. The van der Waals surface area contributed by atoms with Crippen LogP contribution in [0.5, 0.6) is 0 Å². The van der Waals surface area contributed by atoms with Gasteiger partial charge >= 0.3 is 5.97 Å². The minimum atomic E-state index is -0.387. The number of benzene rings is 1. The molecule has 1 aromatic rings. The van der Waals surface area contributed by atoms with Gasteiger partial charge in [-0.2, -0.15) is 0 Å². The molecule has 2 nitrogen and oxygen atoms in total. The van der Waals surface area contributed by atoms with Gasteiger partial charge < -0.3 is 4.74 Å². The second kappa shape index (κ2) is 6.28. The van der Waals surface area contributed by atoms with E-state index in [2.05, 4.69) is 32.0 Å². The van der Waals surface area contributed by atoms with Crippen molar-refractivity contribution in [2.45, 2.75) is 51.5 Å². The van der Waals surface area contributed by atoms with Gasteiger partial charge in [0.2, 0.25) is 0 Å². The van der Waals surface area contributed by atoms with Crippen molar-refractivity contribution >= 4 is 17.7 Å². The first-order valence-electron chi connectivity index (χ1n) is 6.20. The largest absolute Gasteiger partial charge is 0.460 e. The molecule has 0 unspecified atom stereocenters. The highest BCUT2D eigenvalue weighted by molar-refractivity contribution is 7.99. The van der Waals surface area contributed by atoms with Crippen molar-refractivity contribution in [2.24, 2.45) is 0 Å². The summed E-state index contributed by atoms with van der Waals surface area (Å²) < 4.78 is 5.27. The summed E-state index contributed by atoms with van der Waals surface area (Å²) in [5.41, 5.74) is 2.15. The third-order valence-corrected chi connectivity index (χ3v) is 3.49. The second-order valence-corrected chi connectivity index (χ2v) is 6.59. The lowest BCUT2D eigenvalue weighted by Crippen LogP contribution is -2.24. The summed E-state index contributed by atoms with van der Waals surface area (Å²) in [4.78, 5) is 12.8. The Bertz CT molecular complexity index is 419. The average molecular weight is 266 g/mol. The van der Waals surface area contributed by atoms with Gasteiger partial charge in [-0.3, -0.25) is 4.79 Å². The van der Waals surface area contributed by atoms with Gasteiger partial charge in [-0.1, -0.05) is 17.7 Å². The van der Waals surface area contributed by atoms with Crippen molar-refractivity contribution in [2.75, 3.05) is 5.75 Å². The van der Waals surface area contributed by atoms with Crippen molar-refractivity contribution in [3.05, 3.63) is 29.3 Å². The van der Waals surface area contributed by atoms with Crippen molar-refractivity contribution in [3.63, 3.8) is 0 Å². The molecule has 0 radical (unpaired) electrons. The Labute approximate surface area is 114 Å². The Balaban J connectivity index is 2.40. The summed E-state index contributed by atoms with van der Waals surface area (Å²) in [6, 6.07) is 6.38. The van der Waals surface area contributed by atoms with Gasteiger partial charge in [0.25, 0.3) is 0 Å². The van der Waals surface area contributed by atoms with Gasteiger partial charge in [0.05, 0.1) is 6.42 Å². The summed E-state index contributed by atoms with van der Waals surface area (Å²) in [6.45, 7) is 9.86. The van der Waals surface area contributed by atoms with E-state index in [1.54, 1.807) is 11.8 Å². The number of thioether (sulfide) groups is 1. The minimum absolute atomic E-state index is 0.125. The van der Waals surface area contributed by atoms with Gasteiger partial charge in [0, 0.05) is 10.6 Å². The first-order valence-corrected chi connectivity index (χ1v) is 7.18. The van der Waals surface area contributed by atoms with E-state index in [-0.39, 0.29) is 11.6 Å². The molecule has 100 valence electrons. The fourth-order valence-corrected chi connectivity index (χ4v) is 2.54. The van der Waals surface area contributed by atoms with Crippen LogP contribution in [0.2, 0.25) is 0 Å². The predicted molar refractivity (Wildman–Crippen MR) is 77.1 cm³/mol. The van der Waals surface area contributed by atoms with E-state index in [1.165, 1.54) is 16.0 Å². The molecule has 1 aromatic carbocycles. The zero-order valence-corrected chi connectivity index (χ0v) is 12.7. The number of hydrogen-bond acceptors (Lipinski definition) is 3. The number of hydrogen-bond donors (Lipinski definition) is 0. The molecule has 0 amide bonds. The Kier molecular flexibility index (Phi) is 5.27. The number of esters is 1. The van der Waals surface area contributed by atoms with Crippen molar-refractivity contribution in [1.29, 1.82) is 0 Å². The number of ether oxygens (including phenoxy) is 1. The Morgan fingerprint density at radius 2 is 1.94 bits per heavy atom. The maximum Gasteiger partial charge on any atom is 0.307 e. The molecule has 18 heavy (non-hydrogen) atoms. The van der Waals surface area contributed by atoms with Crippen LogP contribution in [0, 0.1) is 13.8 Å². The Hall–Kier alpha value is -0.960. The molecule has 1 rings (SSSR count). The van der Waals surface area contributed by atoms with E-state index < -0.39 is 0 Å². The van der Waals surface area contributed by atoms with E-state index in [0.29, 0.717) is 6.42 Å². The van der Waals surface area contributed by atoms with Crippen LogP contribution in [-0.2, 0) is 9.53 Å². The van der Waals surface area contributed by atoms with Crippen LogP contribution in [0.3, 0.4) is 0 Å². The normalized spacial score (nSPS) is 11.4. The summed E-state index contributed by atoms with van der Waals surface area (Å²) in [6.07, 6.45) is 0.454. The Morgan fingerprint density at radius 1 is 1.28 bits per heavy atom. The van der Waals surface area contributed by atoms with Gasteiger partial charge in [-0.25, -0.2) is 0 Å². The first kappa shape index (κ1) is 15.1. The highest BCUT2D eigenvalue weighted by Crippen LogP contribution is 2.24. The van der Waals surface area contributed by atoms with Crippen LogP contribution in [0.15, 0.2) is 23.1 Å².